The third-order valence-electron chi connectivity index (χ3n) is 10.9. The molecule has 0 radical (unpaired) electrons. The van der Waals surface area contributed by atoms with Crippen LogP contribution in [0.15, 0.2) is 0 Å². The van der Waals surface area contributed by atoms with Crippen LogP contribution in [-0.4, -0.2) is 37.2 Å². The molecule has 0 saturated carbocycles. The molecule has 6 nitrogen and oxygen atoms in total. The number of hydrogen-bond acceptors (Lipinski definition) is 6. The fourth-order valence-electron chi connectivity index (χ4n) is 6.95. The van der Waals surface area contributed by atoms with Crippen molar-refractivity contribution in [3.63, 3.8) is 0 Å². The van der Waals surface area contributed by atoms with Gasteiger partial charge in [-0.3, -0.25) is 14.4 Å². The van der Waals surface area contributed by atoms with E-state index >= 15 is 0 Å². The summed E-state index contributed by atoms with van der Waals surface area (Å²) in [5.41, 5.74) is 0. The van der Waals surface area contributed by atoms with Crippen LogP contribution in [0, 0.1) is 5.92 Å². The van der Waals surface area contributed by atoms with Gasteiger partial charge in [0.1, 0.15) is 13.2 Å². The van der Waals surface area contributed by atoms with Crippen LogP contribution in [0.4, 0.5) is 0 Å². The van der Waals surface area contributed by atoms with Gasteiger partial charge in [0.2, 0.25) is 0 Å². The number of hydrogen-bond donors (Lipinski definition) is 0. The van der Waals surface area contributed by atoms with Gasteiger partial charge >= 0.3 is 17.9 Å². The third-order valence-corrected chi connectivity index (χ3v) is 10.9. The minimum Gasteiger partial charge on any atom is -0.462 e. The Balaban J connectivity index is 4.15. The molecule has 0 aliphatic heterocycles. The van der Waals surface area contributed by atoms with Gasteiger partial charge in [-0.15, -0.1) is 0 Å². The Morgan fingerprint density at radius 2 is 0.660 bits per heavy atom. The van der Waals surface area contributed by atoms with Crippen molar-refractivity contribution in [2.75, 3.05) is 13.2 Å². The maximum Gasteiger partial charge on any atom is 0.306 e. The first-order valence-corrected chi connectivity index (χ1v) is 23.4. The zero-order valence-corrected chi connectivity index (χ0v) is 36.0. The number of esters is 3. The smallest absolute Gasteiger partial charge is 0.306 e. The van der Waals surface area contributed by atoms with Crippen LogP contribution in [-0.2, 0) is 28.6 Å². The van der Waals surface area contributed by atoms with E-state index in [0.717, 1.165) is 70.1 Å². The first-order valence-electron chi connectivity index (χ1n) is 23.4. The molecule has 0 amide bonds. The van der Waals surface area contributed by atoms with Crippen LogP contribution in [0.2, 0.25) is 0 Å². The number of ether oxygens (including phenoxy) is 3. The first-order chi connectivity index (χ1) is 25.9. The van der Waals surface area contributed by atoms with Gasteiger partial charge in [0.15, 0.2) is 6.10 Å². The molecule has 0 fully saturated rings. The van der Waals surface area contributed by atoms with E-state index in [0.29, 0.717) is 19.3 Å². The molecular weight excluding hydrogens is 661 g/mol. The SMILES string of the molecule is CCCCCCCCCCCCCCCCCCCCC(=O)O[C@@H](COC(=O)CCCCCCC)COC(=O)CCCCCCCCCCC(C)CC. The second-order valence-corrected chi connectivity index (χ2v) is 16.3. The van der Waals surface area contributed by atoms with E-state index < -0.39 is 6.10 Å². The summed E-state index contributed by atoms with van der Waals surface area (Å²) in [6.07, 6.45) is 41.2. The average Bonchev–Trinajstić information content (AvgIpc) is 3.15. The van der Waals surface area contributed by atoms with Crippen LogP contribution in [0.25, 0.3) is 0 Å². The largest absolute Gasteiger partial charge is 0.462 e. The topological polar surface area (TPSA) is 78.9 Å². The Kier molecular flexibility index (Phi) is 40.3. The molecule has 0 rings (SSSR count). The average molecular weight is 751 g/mol. The fraction of sp³-hybridized carbons (Fsp3) is 0.936. The van der Waals surface area contributed by atoms with Crippen molar-refractivity contribution in [3.8, 4) is 0 Å². The summed E-state index contributed by atoms with van der Waals surface area (Å²) in [4.78, 5) is 37.5. The number of carbonyl (C=O) groups is 3. The monoisotopic (exact) mass is 751 g/mol. The van der Waals surface area contributed by atoms with E-state index in [1.807, 2.05) is 0 Å². The minimum absolute atomic E-state index is 0.0654. The molecule has 0 saturated heterocycles. The highest BCUT2D eigenvalue weighted by atomic mass is 16.6. The van der Waals surface area contributed by atoms with Gasteiger partial charge in [-0.25, -0.2) is 0 Å². The summed E-state index contributed by atoms with van der Waals surface area (Å²) in [6, 6.07) is 0. The normalized spacial score (nSPS) is 12.5. The van der Waals surface area contributed by atoms with Crippen molar-refractivity contribution >= 4 is 17.9 Å². The lowest BCUT2D eigenvalue weighted by molar-refractivity contribution is -0.167. The summed E-state index contributed by atoms with van der Waals surface area (Å²) in [7, 11) is 0. The Hall–Kier alpha value is -1.59. The fourth-order valence-corrected chi connectivity index (χ4v) is 6.95. The number of carbonyl (C=O) groups excluding carboxylic acids is 3. The van der Waals surface area contributed by atoms with Crippen LogP contribution < -0.4 is 0 Å². The van der Waals surface area contributed by atoms with E-state index in [9.17, 15) is 14.4 Å². The highest BCUT2D eigenvalue weighted by Gasteiger charge is 2.19. The Labute approximate surface area is 329 Å². The first kappa shape index (κ1) is 51.4. The molecule has 53 heavy (non-hydrogen) atoms. The van der Waals surface area contributed by atoms with Crippen molar-refractivity contribution in [2.24, 2.45) is 5.92 Å². The lowest BCUT2D eigenvalue weighted by Gasteiger charge is -2.18. The molecule has 0 aromatic heterocycles. The zero-order chi connectivity index (χ0) is 38.9. The minimum atomic E-state index is -0.758. The summed E-state index contributed by atoms with van der Waals surface area (Å²) in [6.45, 7) is 8.93. The van der Waals surface area contributed by atoms with Gasteiger partial charge in [-0.2, -0.15) is 0 Å². The van der Waals surface area contributed by atoms with Crippen molar-refractivity contribution in [1.82, 2.24) is 0 Å². The predicted molar refractivity (Wildman–Crippen MR) is 224 cm³/mol. The van der Waals surface area contributed by atoms with E-state index in [2.05, 4.69) is 27.7 Å². The van der Waals surface area contributed by atoms with Gasteiger partial charge in [0.25, 0.3) is 0 Å². The second-order valence-electron chi connectivity index (χ2n) is 16.3. The highest BCUT2D eigenvalue weighted by Crippen LogP contribution is 2.17. The van der Waals surface area contributed by atoms with Crippen LogP contribution in [0.1, 0.15) is 259 Å². The number of rotatable bonds is 42. The molecular formula is C47H90O6. The maximum atomic E-state index is 12.7. The van der Waals surface area contributed by atoms with Gasteiger partial charge in [-0.1, -0.05) is 220 Å². The van der Waals surface area contributed by atoms with E-state index in [4.69, 9.17) is 14.2 Å². The Bertz CT molecular complexity index is 798. The molecule has 0 aliphatic carbocycles. The van der Waals surface area contributed by atoms with Gasteiger partial charge in [0, 0.05) is 19.3 Å². The van der Waals surface area contributed by atoms with E-state index in [-0.39, 0.29) is 31.1 Å². The lowest BCUT2D eigenvalue weighted by atomic mass is 9.99. The molecule has 314 valence electrons. The number of unbranched alkanes of at least 4 members (excludes halogenated alkanes) is 28. The van der Waals surface area contributed by atoms with Crippen LogP contribution in [0.5, 0.6) is 0 Å². The van der Waals surface area contributed by atoms with Crippen molar-refractivity contribution in [3.05, 3.63) is 0 Å². The molecule has 0 heterocycles. The van der Waals surface area contributed by atoms with Gasteiger partial charge in [-0.05, 0) is 25.2 Å². The van der Waals surface area contributed by atoms with Crippen molar-refractivity contribution in [2.45, 2.75) is 265 Å². The van der Waals surface area contributed by atoms with Crippen LogP contribution in [0.3, 0.4) is 0 Å². The molecule has 0 spiro atoms. The lowest BCUT2D eigenvalue weighted by Crippen LogP contribution is -2.30. The molecule has 0 aromatic rings. The Morgan fingerprint density at radius 3 is 0.981 bits per heavy atom. The molecule has 6 heteroatoms. The molecule has 0 N–H and O–H groups in total. The summed E-state index contributed by atoms with van der Waals surface area (Å²) >= 11 is 0. The van der Waals surface area contributed by atoms with E-state index in [1.165, 1.54) is 148 Å². The summed E-state index contributed by atoms with van der Waals surface area (Å²) in [5, 5.41) is 0. The maximum absolute atomic E-state index is 12.7. The molecule has 1 unspecified atom stereocenters. The third kappa shape index (κ3) is 39.9. The zero-order valence-electron chi connectivity index (χ0n) is 36.0. The van der Waals surface area contributed by atoms with Gasteiger partial charge < -0.3 is 14.2 Å². The second kappa shape index (κ2) is 41.6. The predicted octanol–water partition coefficient (Wildman–Crippen LogP) is 14.7. The summed E-state index contributed by atoms with van der Waals surface area (Å²) in [5.74, 6) is -0.0201. The van der Waals surface area contributed by atoms with Crippen molar-refractivity contribution < 1.29 is 28.6 Å². The van der Waals surface area contributed by atoms with Crippen molar-refractivity contribution in [1.29, 1.82) is 0 Å². The van der Waals surface area contributed by atoms with Gasteiger partial charge in [0.05, 0.1) is 0 Å². The highest BCUT2D eigenvalue weighted by molar-refractivity contribution is 5.71. The molecule has 0 aromatic carbocycles. The quantitative estimate of drug-likeness (QED) is 0.0351. The summed E-state index contributed by atoms with van der Waals surface area (Å²) < 4.78 is 16.6. The Morgan fingerprint density at radius 1 is 0.377 bits per heavy atom. The molecule has 2 atom stereocenters. The molecule has 0 bridgehead atoms. The van der Waals surface area contributed by atoms with E-state index in [1.54, 1.807) is 0 Å². The van der Waals surface area contributed by atoms with Crippen LogP contribution >= 0.6 is 0 Å². The standard InChI is InChI=1S/C47H90O6/c1-5-8-10-12-13-14-15-16-17-18-19-20-21-22-23-28-32-36-40-47(50)53-44(41-51-45(48)38-34-29-11-9-6-2)42-52-46(49)39-35-31-27-25-24-26-30-33-37-43(4)7-3/h43-44H,5-42H2,1-4H3/t43?,44-/m0/s1. The molecule has 0 aliphatic rings.